The first-order valence-corrected chi connectivity index (χ1v) is 6.05. The van der Waals surface area contributed by atoms with Gasteiger partial charge in [0.1, 0.15) is 0 Å². The van der Waals surface area contributed by atoms with Crippen LogP contribution in [0.4, 0.5) is 5.69 Å². The molecule has 5 nitrogen and oxygen atoms in total. The minimum Gasteiger partial charge on any atom is -0.505 e. The van der Waals surface area contributed by atoms with Crippen LogP contribution in [0.3, 0.4) is 0 Å². The summed E-state index contributed by atoms with van der Waals surface area (Å²) >= 11 is 0. The van der Waals surface area contributed by atoms with E-state index >= 15 is 0 Å². The Bertz CT molecular complexity index is 460. The van der Waals surface area contributed by atoms with Crippen LogP contribution in [0, 0.1) is 5.92 Å². The summed E-state index contributed by atoms with van der Waals surface area (Å²) in [5.41, 5.74) is 6.00. The third-order valence-corrected chi connectivity index (χ3v) is 3.49. The van der Waals surface area contributed by atoms with E-state index in [0.29, 0.717) is 13.1 Å². The van der Waals surface area contributed by atoms with Gasteiger partial charge in [0.25, 0.3) is 5.91 Å². The number of benzene rings is 1. The lowest BCUT2D eigenvalue weighted by Crippen LogP contribution is -2.30. The van der Waals surface area contributed by atoms with Gasteiger partial charge < -0.3 is 20.8 Å². The maximum Gasteiger partial charge on any atom is 0.257 e. The maximum atomic E-state index is 12.2. The van der Waals surface area contributed by atoms with Crippen LogP contribution in [-0.2, 0) is 0 Å². The van der Waals surface area contributed by atoms with Crippen molar-refractivity contribution >= 4 is 11.6 Å². The molecule has 98 valence electrons. The molecule has 0 aromatic heterocycles. The minimum atomic E-state index is -0.419. The number of phenolic OH excluding ortho intramolecular Hbond substituents is 1. The summed E-state index contributed by atoms with van der Waals surface area (Å²) in [6.45, 7) is 2.85. The number of aliphatic hydroxyl groups excluding tert-OH is 1. The molecule has 1 aliphatic rings. The smallest absolute Gasteiger partial charge is 0.257 e. The fraction of sp³-hybridized carbons (Fsp3) is 0.462. The van der Waals surface area contributed by atoms with E-state index in [1.165, 1.54) is 0 Å². The summed E-state index contributed by atoms with van der Waals surface area (Å²) in [4.78, 5) is 13.9. The number of rotatable bonds is 2. The number of nitrogens with two attached hydrogens (primary N) is 1. The second-order valence-electron chi connectivity index (χ2n) is 4.78. The minimum absolute atomic E-state index is 0.108. The molecular formula is C13H18N2O3. The van der Waals surface area contributed by atoms with Crippen molar-refractivity contribution in [3.05, 3.63) is 23.8 Å². The average Bonchev–Trinajstić information content (AvgIpc) is 2.81. The molecule has 0 bridgehead atoms. The normalized spacial score (nSPS) is 21.0. The predicted molar refractivity (Wildman–Crippen MR) is 68.2 cm³/mol. The molecule has 0 saturated carbocycles. The van der Waals surface area contributed by atoms with Gasteiger partial charge in [-0.15, -0.1) is 0 Å². The summed E-state index contributed by atoms with van der Waals surface area (Å²) < 4.78 is 0. The number of likely N-dealkylation sites (tertiary alicyclic amines) is 1. The van der Waals surface area contributed by atoms with Gasteiger partial charge in [-0.2, -0.15) is 0 Å². The molecule has 2 atom stereocenters. The number of carbonyl (C=O) groups excluding carboxylic acids is 1. The average molecular weight is 250 g/mol. The number of amides is 1. The summed E-state index contributed by atoms with van der Waals surface area (Å²) in [7, 11) is 0. The highest BCUT2D eigenvalue weighted by molar-refractivity contribution is 5.98. The molecule has 5 heteroatoms. The lowest BCUT2D eigenvalue weighted by molar-refractivity contribution is 0.0759. The zero-order chi connectivity index (χ0) is 13.3. The molecule has 1 amide bonds. The number of carbonyl (C=O) groups is 1. The van der Waals surface area contributed by atoms with Crippen LogP contribution < -0.4 is 5.73 Å². The Labute approximate surface area is 106 Å². The molecule has 1 aromatic rings. The molecule has 18 heavy (non-hydrogen) atoms. The van der Waals surface area contributed by atoms with E-state index in [0.717, 1.165) is 6.42 Å². The molecule has 0 aliphatic carbocycles. The zero-order valence-corrected chi connectivity index (χ0v) is 10.3. The van der Waals surface area contributed by atoms with E-state index in [-0.39, 0.29) is 28.8 Å². The van der Waals surface area contributed by atoms with Gasteiger partial charge in [-0.05, 0) is 25.5 Å². The second kappa shape index (κ2) is 4.86. The van der Waals surface area contributed by atoms with Crippen LogP contribution in [0.2, 0.25) is 0 Å². The first kappa shape index (κ1) is 12.7. The van der Waals surface area contributed by atoms with Crippen molar-refractivity contribution < 1.29 is 15.0 Å². The number of phenols is 1. The fourth-order valence-electron chi connectivity index (χ4n) is 2.27. The van der Waals surface area contributed by atoms with Crippen molar-refractivity contribution in [1.82, 2.24) is 4.90 Å². The van der Waals surface area contributed by atoms with Gasteiger partial charge in [-0.1, -0.05) is 6.07 Å². The van der Waals surface area contributed by atoms with Gasteiger partial charge >= 0.3 is 0 Å². The van der Waals surface area contributed by atoms with Crippen LogP contribution in [0.5, 0.6) is 5.75 Å². The fourth-order valence-corrected chi connectivity index (χ4v) is 2.27. The van der Waals surface area contributed by atoms with Crippen molar-refractivity contribution in [2.45, 2.75) is 19.4 Å². The number of aromatic hydroxyl groups is 1. The van der Waals surface area contributed by atoms with E-state index in [4.69, 9.17) is 5.73 Å². The van der Waals surface area contributed by atoms with Crippen LogP contribution in [0.25, 0.3) is 0 Å². The third kappa shape index (κ3) is 2.26. The van der Waals surface area contributed by atoms with Crippen molar-refractivity contribution in [1.29, 1.82) is 0 Å². The van der Waals surface area contributed by atoms with E-state index in [1.807, 2.05) is 0 Å². The maximum absolute atomic E-state index is 12.2. The van der Waals surface area contributed by atoms with Crippen LogP contribution >= 0.6 is 0 Å². The van der Waals surface area contributed by atoms with Crippen molar-refractivity contribution in [2.24, 2.45) is 5.92 Å². The zero-order valence-electron chi connectivity index (χ0n) is 10.3. The Morgan fingerprint density at radius 1 is 1.56 bits per heavy atom. The van der Waals surface area contributed by atoms with Crippen LogP contribution in [-0.4, -0.2) is 40.2 Å². The summed E-state index contributed by atoms with van der Waals surface area (Å²) in [6.07, 6.45) is 0.365. The SMILES string of the molecule is CC(O)C1CCN(C(=O)c2cccc(N)c2O)C1. The number of hydrogen-bond acceptors (Lipinski definition) is 4. The Balaban J connectivity index is 2.16. The molecule has 2 unspecified atom stereocenters. The quantitative estimate of drug-likeness (QED) is 0.535. The number of anilines is 1. The molecular weight excluding hydrogens is 232 g/mol. The standard InChI is InChI=1S/C13H18N2O3/c1-8(16)9-5-6-15(7-9)13(18)10-3-2-4-11(14)12(10)17/h2-4,8-9,16-17H,5-7,14H2,1H3. The third-order valence-electron chi connectivity index (χ3n) is 3.49. The van der Waals surface area contributed by atoms with E-state index in [2.05, 4.69) is 0 Å². The molecule has 4 N–H and O–H groups in total. The van der Waals surface area contributed by atoms with Crippen LogP contribution in [0.15, 0.2) is 18.2 Å². The number of para-hydroxylation sites is 1. The van der Waals surface area contributed by atoms with Crippen molar-refractivity contribution in [3.63, 3.8) is 0 Å². The van der Waals surface area contributed by atoms with E-state index < -0.39 is 6.10 Å². The van der Waals surface area contributed by atoms with Gasteiger partial charge in [0.2, 0.25) is 0 Å². The Morgan fingerprint density at radius 2 is 2.28 bits per heavy atom. The molecule has 2 rings (SSSR count). The van der Waals surface area contributed by atoms with Gasteiger partial charge in [0.15, 0.2) is 5.75 Å². The number of nitrogens with zero attached hydrogens (tertiary/aromatic N) is 1. The molecule has 0 radical (unpaired) electrons. The molecule has 1 saturated heterocycles. The lowest BCUT2D eigenvalue weighted by atomic mass is 10.0. The van der Waals surface area contributed by atoms with Crippen molar-refractivity contribution in [3.8, 4) is 5.75 Å². The topological polar surface area (TPSA) is 86.8 Å². The molecule has 1 aliphatic heterocycles. The first-order chi connectivity index (χ1) is 8.50. The number of aliphatic hydroxyl groups is 1. The van der Waals surface area contributed by atoms with Gasteiger partial charge in [0, 0.05) is 19.0 Å². The lowest BCUT2D eigenvalue weighted by Gasteiger charge is -2.18. The highest BCUT2D eigenvalue weighted by Crippen LogP contribution is 2.28. The second-order valence-corrected chi connectivity index (χ2v) is 4.78. The number of nitrogen functional groups attached to an aromatic ring is 1. The van der Waals surface area contributed by atoms with Gasteiger partial charge in [-0.3, -0.25) is 4.79 Å². The summed E-state index contributed by atoms with van der Waals surface area (Å²) in [5, 5.41) is 19.3. The molecule has 1 heterocycles. The van der Waals surface area contributed by atoms with Crippen LogP contribution in [0.1, 0.15) is 23.7 Å². The number of hydrogen-bond donors (Lipinski definition) is 3. The first-order valence-electron chi connectivity index (χ1n) is 6.05. The van der Waals surface area contributed by atoms with E-state index in [9.17, 15) is 15.0 Å². The Hall–Kier alpha value is -1.75. The largest absolute Gasteiger partial charge is 0.505 e. The molecule has 0 spiro atoms. The molecule has 1 aromatic carbocycles. The summed E-state index contributed by atoms with van der Waals surface area (Å²) in [5.74, 6) is -0.289. The molecule has 1 fully saturated rings. The highest BCUT2D eigenvalue weighted by atomic mass is 16.3. The Morgan fingerprint density at radius 3 is 2.89 bits per heavy atom. The summed E-state index contributed by atoms with van der Waals surface area (Å²) in [6, 6.07) is 4.75. The van der Waals surface area contributed by atoms with E-state index in [1.54, 1.807) is 30.0 Å². The predicted octanol–water partition coefficient (Wildman–Crippen LogP) is 0.817. The van der Waals surface area contributed by atoms with Crippen molar-refractivity contribution in [2.75, 3.05) is 18.8 Å². The monoisotopic (exact) mass is 250 g/mol. The Kier molecular flexibility index (Phi) is 3.43. The highest BCUT2D eigenvalue weighted by Gasteiger charge is 2.30. The van der Waals surface area contributed by atoms with Gasteiger partial charge in [0.05, 0.1) is 17.4 Å². The van der Waals surface area contributed by atoms with Gasteiger partial charge in [-0.25, -0.2) is 0 Å².